The Hall–Kier alpha value is -1.42. The molecule has 0 aromatic rings. The van der Waals surface area contributed by atoms with Crippen LogP contribution >= 0.6 is 24.5 Å². The first-order chi connectivity index (χ1) is 11.4. The molecule has 0 aliphatic rings. The average molecular weight is 379 g/mol. The van der Waals surface area contributed by atoms with Gasteiger partial charge in [0.15, 0.2) is 0 Å². The number of rotatable bonds is 11. The van der Waals surface area contributed by atoms with Gasteiger partial charge in [0.05, 0.1) is 0 Å². The van der Waals surface area contributed by atoms with Crippen molar-refractivity contribution in [1.82, 2.24) is 10.6 Å². The summed E-state index contributed by atoms with van der Waals surface area (Å²) in [5.74, 6) is 0. The van der Waals surface area contributed by atoms with Gasteiger partial charge in [0.1, 0.15) is 0 Å². The Kier molecular flexibility index (Phi) is 14.2. The highest BCUT2D eigenvalue weighted by Crippen LogP contribution is 2.06. The Morgan fingerprint density at radius 3 is 1.46 bits per heavy atom. The highest BCUT2D eigenvalue weighted by Gasteiger charge is 2.02. The minimum atomic E-state index is -0.489. The third-order valence-electron chi connectivity index (χ3n) is 2.31. The number of nitrogens with zero attached hydrogens (tertiary/aromatic N) is 2. The lowest BCUT2D eigenvalue weighted by Gasteiger charge is -2.05. The number of hydrogen-bond donors (Lipinski definition) is 2. The predicted octanol–water partition coefficient (Wildman–Crippen LogP) is 4.09. The van der Waals surface area contributed by atoms with Crippen LogP contribution in [-0.2, 0) is 8.37 Å². The fraction of sp³-hybridized carbons (Fsp3) is 0.714. The first kappa shape index (κ1) is 22.6. The monoisotopic (exact) mass is 378 g/mol. The van der Waals surface area contributed by atoms with Crippen LogP contribution in [0.5, 0.6) is 0 Å². The third-order valence-corrected chi connectivity index (χ3v) is 3.64. The lowest BCUT2D eigenvalue weighted by molar-refractivity contribution is 0.206. The molecule has 0 heterocycles. The zero-order chi connectivity index (χ0) is 18.2. The number of amides is 2. The molecule has 0 unspecified atom stereocenters. The van der Waals surface area contributed by atoms with Crippen LogP contribution in [0.2, 0.25) is 0 Å². The van der Waals surface area contributed by atoms with Crippen molar-refractivity contribution in [2.24, 2.45) is 8.80 Å². The summed E-state index contributed by atoms with van der Waals surface area (Å²) >= 11 is 1.54. The maximum atomic E-state index is 11.3. The Labute approximate surface area is 152 Å². The molecular formula is C14H26N4O4S2. The van der Waals surface area contributed by atoms with E-state index in [0.717, 1.165) is 61.6 Å². The fourth-order valence-corrected chi connectivity index (χ4v) is 1.92. The minimum absolute atomic E-state index is 0.489. The van der Waals surface area contributed by atoms with Crippen LogP contribution < -0.4 is 10.6 Å². The van der Waals surface area contributed by atoms with Crippen LogP contribution in [0.1, 0.15) is 53.4 Å². The molecule has 0 bridgehead atoms. The van der Waals surface area contributed by atoms with Gasteiger partial charge in [0.25, 0.3) is 0 Å². The summed E-state index contributed by atoms with van der Waals surface area (Å²) in [4.78, 5) is 22.5. The van der Waals surface area contributed by atoms with E-state index in [1.165, 1.54) is 0 Å². The van der Waals surface area contributed by atoms with Crippen LogP contribution in [0.15, 0.2) is 8.80 Å². The van der Waals surface area contributed by atoms with Gasteiger partial charge in [-0.3, -0.25) is 0 Å². The van der Waals surface area contributed by atoms with Gasteiger partial charge in [0.2, 0.25) is 24.5 Å². The van der Waals surface area contributed by atoms with Crippen LogP contribution in [0.4, 0.5) is 9.59 Å². The van der Waals surface area contributed by atoms with E-state index < -0.39 is 12.2 Å². The van der Waals surface area contributed by atoms with Crippen LogP contribution in [0.25, 0.3) is 0 Å². The van der Waals surface area contributed by atoms with Gasteiger partial charge < -0.3 is 19.0 Å². The Balaban J connectivity index is 3.39. The SMILES string of the molecule is CC(C)=NSOC(=O)NCCCCCCNC(=O)OSN=C(C)C. The zero-order valence-corrected chi connectivity index (χ0v) is 16.2. The third kappa shape index (κ3) is 16.9. The first-order valence-corrected chi connectivity index (χ1v) is 9.07. The molecule has 8 nitrogen and oxygen atoms in total. The zero-order valence-electron chi connectivity index (χ0n) is 14.6. The van der Waals surface area contributed by atoms with Crippen molar-refractivity contribution in [3.05, 3.63) is 0 Å². The molecule has 0 saturated carbocycles. The summed E-state index contributed by atoms with van der Waals surface area (Å²) in [6, 6.07) is 0. The van der Waals surface area contributed by atoms with Crippen molar-refractivity contribution in [2.75, 3.05) is 13.1 Å². The summed E-state index contributed by atoms with van der Waals surface area (Å²) in [5, 5.41) is 5.28. The predicted molar refractivity (Wildman–Crippen MR) is 100 cm³/mol. The molecule has 24 heavy (non-hydrogen) atoms. The van der Waals surface area contributed by atoms with Gasteiger partial charge in [0, 0.05) is 24.5 Å². The van der Waals surface area contributed by atoms with Crippen molar-refractivity contribution < 1.29 is 18.0 Å². The average Bonchev–Trinajstić information content (AvgIpc) is 2.49. The van der Waals surface area contributed by atoms with E-state index in [9.17, 15) is 9.59 Å². The molecule has 0 atom stereocenters. The molecule has 0 fully saturated rings. The molecular weight excluding hydrogens is 352 g/mol. The summed E-state index contributed by atoms with van der Waals surface area (Å²) in [5.41, 5.74) is 1.66. The minimum Gasteiger partial charge on any atom is -0.351 e. The summed E-state index contributed by atoms with van der Waals surface area (Å²) in [7, 11) is 0. The van der Waals surface area contributed by atoms with E-state index in [0.29, 0.717) is 13.1 Å². The van der Waals surface area contributed by atoms with E-state index in [-0.39, 0.29) is 0 Å². The molecule has 0 aliphatic heterocycles. The molecule has 2 amide bonds. The summed E-state index contributed by atoms with van der Waals surface area (Å²) in [6.45, 7) is 8.39. The van der Waals surface area contributed by atoms with E-state index >= 15 is 0 Å². The number of carbonyl (C=O) groups is 2. The van der Waals surface area contributed by atoms with Crippen molar-refractivity contribution in [2.45, 2.75) is 53.4 Å². The van der Waals surface area contributed by atoms with Crippen molar-refractivity contribution in [1.29, 1.82) is 0 Å². The van der Waals surface area contributed by atoms with Crippen molar-refractivity contribution in [3.8, 4) is 0 Å². The molecule has 0 aliphatic carbocycles. The molecule has 138 valence electrons. The number of nitrogens with one attached hydrogen (secondary N) is 2. The normalized spacial score (nSPS) is 9.67. The smallest absolute Gasteiger partial charge is 0.351 e. The molecule has 0 radical (unpaired) electrons. The number of carbonyl (C=O) groups excluding carboxylic acids is 2. The highest BCUT2D eigenvalue weighted by molar-refractivity contribution is 7.94. The second-order valence-electron chi connectivity index (χ2n) is 5.24. The number of unbranched alkanes of at least 4 members (excludes halogenated alkanes) is 3. The fourth-order valence-electron chi connectivity index (χ4n) is 1.30. The quantitative estimate of drug-likeness (QED) is 0.243. The largest absolute Gasteiger partial charge is 0.420 e. The van der Waals surface area contributed by atoms with Gasteiger partial charge in [-0.1, -0.05) is 12.8 Å². The Morgan fingerprint density at radius 2 is 1.12 bits per heavy atom. The molecule has 0 aromatic heterocycles. The van der Waals surface area contributed by atoms with E-state index in [4.69, 9.17) is 8.37 Å². The molecule has 0 saturated heterocycles. The molecule has 10 heteroatoms. The molecule has 2 N–H and O–H groups in total. The van der Waals surface area contributed by atoms with Crippen molar-refractivity contribution >= 4 is 48.1 Å². The van der Waals surface area contributed by atoms with Gasteiger partial charge in [-0.2, -0.15) is 8.80 Å². The maximum Gasteiger partial charge on any atom is 0.420 e. The Bertz CT molecular complexity index is 396. The highest BCUT2D eigenvalue weighted by atomic mass is 32.2. The second-order valence-corrected chi connectivity index (χ2v) is 6.23. The van der Waals surface area contributed by atoms with Gasteiger partial charge >= 0.3 is 12.2 Å². The van der Waals surface area contributed by atoms with E-state index in [1.54, 1.807) is 0 Å². The lowest BCUT2D eigenvalue weighted by atomic mass is 10.2. The molecule has 0 rings (SSSR count). The van der Waals surface area contributed by atoms with Crippen molar-refractivity contribution in [3.63, 3.8) is 0 Å². The van der Waals surface area contributed by atoms with Crippen LogP contribution in [0.3, 0.4) is 0 Å². The Morgan fingerprint density at radius 1 is 0.750 bits per heavy atom. The van der Waals surface area contributed by atoms with Gasteiger partial charge in [-0.05, 0) is 40.5 Å². The first-order valence-electron chi connectivity index (χ1n) is 7.67. The second kappa shape index (κ2) is 15.1. The van der Waals surface area contributed by atoms with Gasteiger partial charge in [-0.15, -0.1) is 0 Å². The summed E-state index contributed by atoms with van der Waals surface area (Å²) in [6.07, 6.45) is 2.62. The van der Waals surface area contributed by atoms with E-state index in [2.05, 4.69) is 19.4 Å². The lowest BCUT2D eigenvalue weighted by Crippen LogP contribution is -2.24. The maximum absolute atomic E-state index is 11.3. The molecule has 0 spiro atoms. The van der Waals surface area contributed by atoms with E-state index in [1.807, 2.05) is 27.7 Å². The summed E-state index contributed by atoms with van der Waals surface area (Å²) < 4.78 is 17.3. The number of hydrogen-bond acceptors (Lipinski definition) is 8. The molecule has 0 aromatic carbocycles. The standard InChI is InChI=1S/C14H26N4O4S2/c1-11(2)17-23-21-13(19)15-9-7-5-6-8-10-16-14(20)22-24-18-12(3)4/h5-10H2,1-4H3,(H,15,19)(H,16,20). The van der Waals surface area contributed by atoms with Crippen LogP contribution in [0, 0.1) is 0 Å². The topological polar surface area (TPSA) is 101 Å². The van der Waals surface area contributed by atoms with Crippen LogP contribution in [-0.4, -0.2) is 36.7 Å². The van der Waals surface area contributed by atoms with Gasteiger partial charge in [-0.25, -0.2) is 9.59 Å².